The fourth-order valence-corrected chi connectivity index (χ4v) is 2.07. The maximum atomic E-state index is 4.36. The lowest BCUT2D eigenvalue weighted by Crippen LogP contribution is -2.36. The van der Waals surface area contributed by atoms with E-state index >= 15 is 0 Å². The molecule has 0 spiro atoms. The van der Waals surface area contributed by atoms with Crippen LogP contribution >= 0.6 is 0 Å². The highest BCUT2D eigenvalue weighted by Crippen LogP contribution is 2.20. The number of fused-ring (bicyclic) bond motifs is 1. The first-order chi connectivity index (χ1) is 8.99. The van der Waals surface area contributed by atoms with Crippen LogP contribution in [-0.2, 0) is 7.05 Å². The summed E-state index contributed by atoms with van der Waals surface area (Å²) in [4.78, 5) is 10.8. The molecule has 0 bridgehead atoms. The Hall–Kier alpha value is -1.69. The molecule has 2 aromatic heterocycles. The maximum Gasteiger partial charge on any atom is 0.163 e. The van der Waals surface area contributed by atoms with Crippen molar-refractivity contribution in [1.82, 2.24) is 24.6 Å². The van der Waals surface area contributed by atoms with Crippen LogP contribution in [0.4, 0.5) is 5.82 Å². The normalized spacial score (nSPS) is 13.4. The summed E-state index contributed by atoms with van der Waals surface area (Å²) in [7, 11) is 6.05. The zero-order valence-electron chi connectivity index (χ0n) is 12.3. The fourth-order valence-electron chi connectivity index (χ4n) is 2.07. The number of nitrogens with one attached hydrogen (secondary N) is 1. The van der Waals surface area contributed by atoms with Crippen molar-refractivity contribution >= 4 is 16.9 Å². The van der Waals surface area contributed by atoms with Gasteiger partial charge in [0.15, 0.2) is 5.65 Å². The number of aryl methyl sites for hydroxylation is 1. The quantitative estimate of drug-likeness (QED) is 0.881. The van der Waals surface area contributed by atoms with Crippen molar-refractivity contribution < 1.29 is 0 Å². The summed E-state index contributed by atoms with van der Waals surface area (Å²) in [6, 6.07) is 0.341. The largest absolute Gasteiger partial charge is 0.365 e. The van der Waals surface area contributed by atoms with Crippen molar-refractivity contribution in [3.05, 3.63) is 12.5 Å². The van der Waals surface area contributed by atoms with Gasteiger partial charge >= 0.3 is 0 Å². The van der Waals surface area contributed by atoms with Gasteiger partial charge in [0.2, 0.25) is 0 Å². The van der Waals surface area contributed by atoms with E-state index in [0.29, 0.717) is 12.0 Å². The summed E-state index contributed by atoms with van der Waals surface area (Å²) in [6.07, 6.45) is 3.39. The first-order valence-corrected chi connectivity index (χ1v) is 6.53. The molecule has 6 heteroatoms. The molecule has 0 saturated carbocycles. The molecule has 1 N–H and O–H groups in total. The molecule has 2 aromatic rings. The van der Waals surface area contributed by atoms with E-state index < -0.39 is 0 Å². The predicted octanol–water partition coefficient (Wildman–Crippen LogP) is 1.36. The van der Waals surface area contributed by atoms with E-state index in [1.165, 1.54) is 0 Å². The number of likely N-dealkylation sites (N-methyl/N-ethyl adjacent to an activating group) is 1. The van der Waals surface area contributed by atoms with E-state index in [4.69, 9.17) is 0 Å². The lowest BCUT2D eigenvalue weighted by molar-refractivity contribution is 0.344. The molecule has 0 aliphatic carbocycles. The van der Waals surface area contributed by atoms with Gasteiger partial charge in [-0.3, -0.25) is 4.68 Å². The molecule has 0 radical (unpaired) electrons. The van der Waals surface area contributed by atoms with Crippen LogP contribution in [0.1, 0.15) is 13.8 Å². The number of anilines is 1. The maximum absolute atomic E-state index is 4.36. The molecule has 0 fully saturated rings. The van der Waals surface area contributed by atoms with Crippen molar-refractivity contribution in [3.8, 4) is 0 Å². The molecule has 19 heavy (non-hydrogen) atoms. The van der Waals surface area contributed by atoms with Gasteiger partial charge in [-0.15, -0.1) is 0 Å². The van der Waals surface area contributed by atoms with E-state index in [-0.39, 0.29) is 0 Å². The Morgan fingerprint density at radius 2 is 2.05 bits per heavy atom. The average molecular weight is 262 g/mol. The van der Waals surface area contributed by atoms with Crippen molar-refractivity contribution in [1.29, 1.82) is 0 Å². The first-order valence-electron chi connectivity index (χ1n) is 6.53. The van der Waals surface area contributed by atoms with Gasteiger partial charge < -0.3 is 10.2 Å². The summed E-state index contributed by atoms with van der Waals surface area (Å²) < 4.78 is 1.76. The second-order valence-electron chi connectivity index (χ2n) is 5.48. The van der Waals surface area contributed by atoms with Gasteiger partial charge in [-0.2, -0.15) is 5.10 Å². The molecule has 1 unspecified atom stereocenters. The summed E-state index contributed by atoms with van der Waals surface area (Å²) in [5, 5.41) is 8.72. The molecule has 0 aliphatic rings. The lowest BCUT2D eigenvalue weighted by Gasteiger charge is -2.26. The molecule has 1 atom stereocenters. The van der Waals surface area contributed by atoms with Crippen LogP contribution in [0.2, 0.25) is 0 Å². The van der Waals surface area contributed by atoms with Crippen LogP contribution in [0.3, 0.4) is 0 Å². The van der Waals surface area contributed by atoms with Crippen molar-refractivity contribution in [3.63, 3.8) is 0 Å². The highest BCUT2D eigenvalue weighted by atomic mass is 15.3. The zero-order valence-corrected chi connectivity index (χ0v) is 12.3. The van der Waals surface area contributed by atoms with Crippen molar-refractivity contribution in [2.75, 3.05) is 26.0 Å². The van der Waals surface area contributed by atoms with E-state index in [0.717, 1.165) is 23.4 Å². The third kappa shape index (κ3) is 3.01. The number of rotatable bonds is 5. The molecule has 2 rings (SSSR count). The molecule has 0 amide bonds. The Morgan fingerprint density at radius 3 is 2.68 bits per heavy atom. The highest BCUT2D eigenvalue weighted by molar-refractivity contribution is 5.86. The van der Waals surface area contributed by atoms with Crippen LogP contribution in [0.15, 0.2) is 12.5 Å². The number of nitrogens with zero attached hydrogens (tertiary/aromatic N) is 5. The number of hydrogen-bond acceptors (Lipinski definition) is 5. The van der Waals surface area contributed by atoms with Gasteiger partial charge in [0.05, 0.1) is 11.6 Å². The van der Waals surface area contributed by atoms with E-state index in [9.17, 15) is 0 Å². The van der Waals surface area contributed by atoms with E-state index in [1.54, 1.807) is 11.0 Å². The van der Waals surface area contributed by atoms with Crippen LogP contribution in [0.5, 0.6) is 0 Å². The molecule has 0 aliphatic heterocycles. The monoisotopic (exact) mass is 262 g/mol. The topological polar surface area (TPSA) is 58.9 Å². The van der Waals surface area contributed by atoms with Crippen LogP contribution in [0, 0.1) is 5.92 Å². The van der Waals surface area contributed by atoms with Crippen LogP contribution < -0.4 is 5.32 Å². The Kier molecular flexibility index (Phi) is 3.99. The Balaban J connectivity index is 2.28. The van der Waals surface area contributed by atoms with Crippen molar-refractivity contribution in [2.24, 2.45) is 13.0 Å². The van der Waals surface area contributed by atoms with Gasteiger partial charge in [0, 0.05) is 19.6 Å². The minimum absolute atomic E-state index is 0.341. The predicted molar refractivity (Wildman–Crippen MR) is 77.1 cm³/mol. The van der Waals surface area contributed by atoms with E-state index in [1.807, 2.05) is 13.2 Å². The molecule has 0 saturated heterocycles. The summed E-state index contributed by atoms with van der Waals surface area (Å²) in [5.41, 5.74) is 0.852. The van der Waals surface area contributed by atoms with Crippen molar-refractivity contribution in [2.45, 2.75) is 19.9 Å². The third-order valence-electron chi connectivity index (χ3n) is 3.22. The van der Waals surface area contributed by atoms with Gasteiger partial charge in [-0.05, 0) is 20.0 Å². The highest BCUT2D eigenvalue weighted by Gasteiger charge is 2.17. The molecular weight excluding hydrogens is 240 g/mol. The second kappa shape index (κ2) is 5.52. The molecule has 2 heterocycles. The first kappa shape index (κ1) is 13.7. The number of aromatic nitrogens is 4. The average Bonchev–Trinajstić information content (AvgIpc) is 2.71. The molecule has 104 valence electrons. The summed E-state index contributed by atoms with van der Waals surface area (Å²) in [5.74, 6) is 1.38. The van der Waals surface area contributed by atoms with Crippen LogP contribution in [-0.4, -0.2) is 51.3 Å². The van der Waals surface area contributed by atoms with Gasteiger partial charge in [-0.25, -0.2) is 9.97 Å². The molecule has 0 aromatic carbocycles. The van der Waals surface area contributed by atoms with Gasteiger partial charge in [-0.1, -0.05) is 13.8 Å². The Morgan fingerprint density at radius 1 is 1.32 bits per heavy atom. The Labute approximate surface area is 113 Å². The van der Waals surface area contributed by atoms with Crippen LogP contribution in [0.25, 0.3) is 11.0 Å². The standard InChI is InChI=1S/C13H22N6/c1-9(2)11(7-18(3)4)17-12-10-6-16-19(5)13(10)15-8-14-12/h6,8-9,11H,7H2,1-5H3,(H,14,15,17). The Bertz CT molecular complexity index is 545. The summed E-state index contributed by atoms with van der Waals surface area (Å²) >= 11 is 0. The second-order valence-corrected chi connectivity index (χ2v) is 5.48. The fraction of sp³-hybridized carbons (Fsp3) is 0.615. The van der Waals surface area contributed by atoms with Gasteiger partial charge in [0.25, 0.3) is 0 Å². The molecular formula is C13H22N6. The SMILES string of the molecule is CC(C)C(CN(C)C)Nc1ncnc2c1cnn2C. The smallest absolute Gasteiger partial charge is 0.163 e. The third-order valence-corrected chi connectivity index (χ3v) is 3.22. The lowest BCUT2D eigenvalue weighted by atomic mass is 10.0. The summed E-state index contributed by atoms with van der Waals surface area (Å²) in [6.45, 7) is 5.38. The zero-order chi connectivity index (χ0) is 14.0. The number of hydrogen-bond donors (Lipinski definition) is 1. The minimum Gasteiger partial charge on any atom is -0.365 e. The minimum atomic E-state index is 0.341. The van der Waals surface area contributed by atoms with E-state index in [2.05, 4.69) is 53.2 Å². The van der Waals surface area contributed by atoms with Gasteiger partial charge in [0.1, 0.15) is 12.1 Å². The molecule has 6 nitrogen and oxygen atoms in total.